The van der Waals surface area contributed by atoms with Crippen LogP contribution in [0.3, 0.4) is 0 Å². The largest absolute Gasteiger partial charge is 0.313 e. The Morgan fingerprint density at radius 3 is 2.54 bits per heavy atom. The predicted octanol–water partition coefficient (Wildman–Crippen LogP) is 2.33. The van der Waals surface area contributed by atoms with Gasteiger partial charge in [0.25, 0.3) is 0 Å². The fourth-order valence-corrected chi connectivity index (χ4v) is 2.20. The van der Waals surface area contributed by atoms with Gasteiger partial charge >= 0.3 is 0 Å². The third-order valence-electron chi connectivity index (χ3n) is 3.48. The first-order valence-corrected chi connectivity index (χ1v) is 5.02. The lowest BCUT2D eigenvalue weighted by molar-refractivity contribution is 0.427. The molecule has 0 saturated carbocycles. The summed E-state index contributed by atoms with van der Waals surface area (Å²) >= 11 is 0. The van der Waals surface area contributed by atoms with Crippen molar-refractivity contribution in [1.29, 1.82) is 0 Å². The summed E-state index contributed by atoms with van der Waals surface area (Å²) in [5.74, 6) is 0. The van der Waals surface area contributed by atoms with Gasteiger partial charge in [-0.3, -0.25) is 0 Å². The second kappa shape index (κ2) is 3.15. The summed E-state index contributed by atoms with van der Waals surface area (Å²) in [6, 6.07) is 11.4. The minimum Gasteiger partial charge on any atom is -0.313 e. The number of hydrogen-bond donors (Lipinski definition) is 1. The van der Waals surface area contributed by atoms with E-state index in [4.69, 9.17) is 0 Å². The lowest BCUT2D eigenvalue weighted by Crippen LogP contribution is -2.34. The molecule has 1 aliphatic rings. The molecule has 0 aliphatic carbocycles. The zero-order valence-corrected chi connectivity index (χ0v) is 8.38. The predicted molar refractivity (Wildman–Crippen MR) is 55.9 cm³/mol. The average Bonchev–Trinajstić information content (AvgIpc) is 2.50. The van der Waals surface area contributed by atoms with Gasteiger partial charge in [0.1, 0.15) is 0 Å². The van der Waals surface area contributed by atoms with Gasteiger partial charge in [0.15, 0.2) is 0 Å². The highest BCUT2D eigenvalue weighted by Gasteiger charge is 2.36. The van der Waals surface area contributed by atoms with Crippen molar-refractivity contribution in [3.05, 3.63) is 35.9 Å². The molecule has 0 aromatic heterocycles. The summed E-state index contributed by atoms with van der Waals surface area (Å²) in [6.45, 7) is 5.78. The highest BCUT2D eigenvalue weighted by molar-refractivity contribution is 5.28. The molecule has 1 aromatic rings. The molecule has 0 bridgehead atoms. The Morgan fingerprint density at radius 2 is 2.00 bits per heavy atom. The van der Waals surface area contributed by atoms with Crippen molar-refractivity contribution in [2.75, 3.05) is 6.54 Å². The van der Waals surface area contributed by atoms with E-state index in [0.717, 1.165) is 6.54 Å². The van der Waals surface area contributed by atoms with Crippen molar-refractivity contribution in [3.63, 3.8) is 0 Å². The number of rotatable bonds is 1. The molecule has 2 atom stereocenters. The molecule has 1 nitrogen and oxygen atoms in total. The Balaban J connectivity index is 2.34. The van der Waals surface area contributed by atoms with Gasteiger partial charge in [0.05, 0.1) is 0 Å². The van der Waals surface area contributed by atoms with Gasteiger partial charge in [0.2, 0.25) is 0 Å². The molecule has 1 saturated heterocycles. The Morgan fingerprint density at radius 1 is 1.31 bits per heavy atom. The number of benzene rings is 1. The molecule has 1 heterocycles. The topological polar surface area (TPSA) is 12.0 Å². The van der Waals surface area contributed by atoms with Crippen molar-refractivity contribution in [3.8, 4) is 0 Å². The van der Waals surface area contributed by atoms with Crippen LogP contribution in [-0.2, 0) is 5.41 Å². The van der Waals surface area contributed by atoms with Crippen LogP contribution in [0.1, 0.15) is 25.8 Å². The van der Waals surface area contributed by atoms with Crippen molar-refractivity contribution >= 4 is 0 Å². The lowest BCUT2D eigenvalue weighted by atomic mass is 9.77. The molecule has 1 aliphatic heterocycles. The molecule has 0 spiro atoms. The van der Waals surface area contributed by atoms with Crippen LogP contribution in [0.5, 0.6) is 0 Å². The zero-order chi connectivity index (χ0) is 9.31. The van der Waals surface area contributed by atoms with Crippen molar-refractivity contribution in [2.45, 2.75) is 31.7 Å². The SMILES string of the molecule is CC1NCCC1(C)c1ccccc1. The standard InChI is InChI=1S/C12H17N/c1-10-12(2,8-9-13-10)11-6-4-3-5-7-11/h3-7,10,13H,8-9H2,1-2H3. The average molecular weight is 175 g/mol. The zero-order valence-electron chi connectivity index (χ0n) is 8.38. The summed E-state index contributed by atoms with van der Waals surface area (Å²) in [5.41, 5.74) is 1.80. The maximum Gasteiger partial charge on any atom is 0.0133 e. The third kappa shape index (κ3) is 1.37. The van der Waals surface area contributed by atoms with Crippen LogP contribution in [0.2, 0.25) is 0 Å². The Kier molecular flexibility index (Phi) is 2.12. The summed E-state index contributed by atoms with van der Waals surface area (Å²) < 4.78 is 0. The first kappa shape index (κ1) is 8.76. The molecule has 70 valence electrons. The minimum absolute atomic E-state index is 0.335. The monoisotopic (exact) mass is 175 g/mol. The van der Waals surface area contributed by atoms with Gasteiger partial charge < -0.3 is 5.32 Å². The summed E-state index contributed by atoms with van der Waals surface area (Å²) in [4.78, 5) is 0. The van der Waals surface area contributed by atoms with E-state index in [2.05, 4.69) is 49.5 Å². The van der Waals surface area contributed by atoms with Gasteiger partial charge in [-0.25, -0.2) is 0 Å². The van der Waals surface area contributed by atoms with Gasteiger partial charge in [-0.2, -0.15) is 0 Å². The first-order chi connectivity index (χ1) is 6.23. The molecular weight excluding hydrogens is 158 g/mol. The quantitative estimate of drug-likeness (QED) is 0.690. The normalized spacial score (nSPS) is 33.5. The maximum atomic E-state index is 3.51. The highest BCUT2D eigenvalue weighted by Crippen LogP contribution is 2.34. The van der Waals surface area contributed by atoms with Crippen LogP contribution in [0, 0.1) is 0 Å². The van der Waals surface area contributed by atoms with E-state index >= 15 is 0 Å². The van der Waals surface area contributed by atoms with E-state index < -0.39 is 0 Å². The van der Waals surface area contributed by atoms with Crippen molar-refractivity contribution in [2.24, 2.45) is 0 Å². The molecule has 1 fully saturated rings. The molecule has 2 rings (SSSR count). The molecule has 1 N–H and O–H groups in total. The van der Waals surface area contributed by atoms with Crippen molar-refractivity contribution < 1.29 is 0 Å². The summed E-state index contributed by atoms with van der Waals surface area (Å²) in [6.07, 6.45) is 1.25. The molecule has 2 unspecified atom stereocenters. The molecule has 0 radical (unpaired) electrons. The van der Waals surface area contributed by atoms with Gasteiger partial charge in [0, 0.05) is 11.5 Å². The molecule has 13 heavy (non-hydrogen) atoms. The van der Waals surface area contributed by atoms with E-state index in [1.807, 2.05) is 0 Å². The van der Waals surface area contributed by atoms with Gasteiger partial charge in [-0.1, -0.05) is 37.3 Å². The molecule has 1 heteroatoms. The smallest absolute Gasteiger partial charge is 0.0133 e. The van der Waals surface area contributed by atoms with Crippen LogP contribution < -0.4 is 5.32 Å². The Labute approximate surface area is 80.2 Å². The third-order valence-corrected chi connectivity index (χ3v) is 3.48. The van der Waals surface area contributed by atoms with E-state index in [9.17, 15) is 0 Å². The minimum atomic E-state index is 0.335. The van der Waals surface area contributed by atoms with E-state index in [-0.39, 0.29) is 0 Å². The number of nitrogens with one attached hydrogen (secondary N) is 1. The summed E-state index contributed by atoms with van der Waals surface area (Å²) in [7, 11) is 0. The van der Waals surface area contributed by atoms with Crippen LogP contribution in [0.15, 0.2) is 30.3 Å². The fraction of sp³-hybridized carbons (Fsp3) is 0.500. The van der Waals surface area contributed by atoms with Gasteiger partial charge in [-0.15, -0.1) is 0 Å². The Hall–Kier alpha value is -0.820. The van der Waals surface area contributed by atoms with E-state index in [1.54, 1.807) is 0 Å². The maximum absolute atomic E-state index is 3.51. The van der Waals surface area contributed by atoms with Crippen LogP contribution in [0.4, 0.5) is 0 Å². The van der Waals surface area contributed by atoms with Crippen LogP contribution >= 0.6 is 0 Å². The van der Waals surface area contributed by atoms with Crippen molar-refractivity contribution in [1.82, 2.24) is 5.32 Å². The van der Waals surface area contributed by atoms with E-state index in [0.29, 0.717) is 11.5 Å². The second-order valence-corrected chi connectivity index (χ2v) is 4.21. The highest BCUT2D eigenvalue weighted by atomic mass is 15.0. The molecule has 1 aromatic carbocycles. The second-order valence-electron chi connectivity index (χ2n) is 4.21. The van der Waals surface area contributed by atoms with Crippen LogP contribution in [-0.4, -0.2) is 12.6 Å². The van der Waals surface area contributed by atoms with Gasteiger partial charge in [-0.05, 0) is 25.5 Å². The molecular formula is C12H17N. The molecule has 0 amide bonds. The van der Waals surface area contributed by atoms with E-state index in [1.165, 1.54) is 12.0 Å². The first-order valence-electron chi connectivity index (χ1n) is 5.02. The summed E-state index contributed by atoms with van der Waals surface area (Å²) in [5, 5.41) is 3.51. The number of hydrogen-bond acceptors (Lipinski definition) is 1. The Bertz CT molecular complexity index is 280. The van der Waals surface area contributed by atoms with Crippen LogP contribution in [0.25, 0.3) is 0 Å². The lowest BCUT2D eigenvalue weighted by Gasteiger charge is -2.29. The fourth-order valence-electron chi connectivity index (χ4n) is 2.20.